The molecule has 0 spiro atoms. The van der Waals surface area contributed by atoms with Crippen molar-refractivity contribution < 1.29 is 54.2 Å². The number of carbonyl (C=O) groups is 3. The van der Waals surface area contributed by atoms with Crippen molar-refractivity contribution in [1.29, 1.82) is 5.26 Å². The zero-order valence-corrected chi connectivity index (χ0v) is 18.9. The molecule has 8 nitrogen and oxygen atoms in total. The van der Waals surface area contributed by atoms with E-state index in [2.05, 4.69) is 0 Å². The second-order valence-corrected chi connectivity index (χ2v) is 8.92. The number of aliphatic carboxylic acids is 1. The number of hydrogen-bond donors (Lipinski definition) is 1. The number of hydrogen-bond acceptors (Lipinski definition) is 8. The molecule has 0 aromatic rings. The number of aliphatic hydroxyl groups is 1. The van der Waals surface area contributed by atoms with Crippen molar-refractivity contribution in [1.82, 2.24) is 9.80 Å². The van der Waals surface area contributed by atoms with Gasteiger partial charge in [0.2, 0.25) is 5.91 Å². The van der Waals surface area contributed by atoms with Crippen molar-refractivity contribution in [2.24, 2.45) is 11.8 Å². The Morgan fingerprint density at radius 2 is 2.19 bits per heavy atom. The van der Waals surface area contributed by atoms with Crippen LogP contribution in [0.15, 0.2) is 10.6 Å². The summed E-state index contributed by atoms with van der Waals surface area (Å²) in [5.41, 5.74) is -0.122. The topological polar surface area (TPSA) is 125 Å². The molecule has 2 fully saturated rings. The predicted molar refractivity (Wildman–Crippen MR) is 93.4 cm³/mol. The van der Waals surface area contributed by atoms with E-state index in [0.717, 1.165) is 11.8 Å². The Bertz CT molecular complexity index is 738. The van der Waals surface area contributed by atoms with E-state index in [4.69, 9.17) is 5.26 Å². The van der Waals surface area contributed by atoms with Crippen LogP contribution in [0.5, 0.6) is 0 Å². The maximum atomic E-state index is 12.3. The second-order valence-electron chi connectivity index (χ2n) is 6.61. The number of carboxylic acid groups (broad SMARTS) is 1. The molecule has 2 amide bonds. The van der Waals surface area contributed by atoms with Gasteiger partial charge in [0.1, 0.15) is 6.54 Å². The Morgan fingerprint density at radius 1 is 1.52 bits per heavy atom. The average Bonchev–Trinajstić information content (AvgIpc) is 2.80. The molecule has 11 heteroatoms. The van der Waals surface area contributed by atoms with Gasteiger partial charge in [0.25, 0.3) is 5.24 Å². The Balaban J connectivity index is 0.00000261. The van der Waals surface area contributed by atoms with E-state index < -0.39 is 23.9 Å². The third-order valence-corrected chi connectivity index (χ3v) is 7.69. The number of carboxylic acids is 1. The Morgan fingerprint density at radius 3 is 2.74 bits per heavy atom. The first-order chi connectivity index (χ1) is 12.3. The van der Waals surface area contributed by atoms with Crippen LogP contribution in [0.3, 0.4) is 0 Å². The maximum absolute atomic E-state index is 12.3. The van der Waals surface area contributed by atoms with Crippen LogP contribution in [-0.4, -0.2) is 68.3 Å². The molecule has 0 aromatic heterocycles. The van der Waals surface area contributed by atoms with Crippen LogP contribution in [0.4, 0.5) is 4.79 Å². The first-order valence-corrected chi connectivity index (χ1v) is 10.1. The average molecular weight is 419 g/mol. The van der Waals surface area contributed by atoms with E-state index in [-0.39, 0.29) is 64.2 Å². The Labute approximate surface area is 187 Å². The minimum atomic E-state index is -1.41. The summed E-state index contributed by atoms with van der Waals surface area (Å²) in [6, 6.07) is 1.57. The van der Waals surface area contributed by atoms with E-state index >= 15 is 0 Å². The molecule has 0 aromatic carbocycles. The third kappa shape index (κ3) is 3.91. The number of aliphatic hydroxyl groups excluding tert-OH is 1. The molecule has 0 bridgehead atoms. The monoisotopic (exact) mass is 419 g/mol. The van der Waals surface area contributed by atoms with Crippen LogP contribution >= 0.6 is 23.5 Å². The fourth-order valence-corrected chi connectivity index (χ4v) is 6.26. The SMILES string of the molecule is C[C@@H](O)[C@H]1C(=O)N2C(C(=O)[O-])=C(SC3CSC(=O)N(CC#N)C3)[C@H](C)[C@H]12.[Na+]. The van der Waals surface area contributed by atoms with Gasteiger partial charge in [-0.05, 0) is 6.92 Å². The van der Waals surface area contributed by atoms with Gasteiger partial charge in [0.15, 0.2) is 0 Å². The molecule has 3 rings (SSSR count). The summed E-state index contributed by atoms with van der Waals surface area (Å²) in [5.74, 6) is -2.16. The van der Waals surface area contributed by atoms with Crippen molar-refractivity contribution >= 4 is 40.6 Å². The zero-order chi connectivity index (χ0) is 19.2. The maximum Gasteiger partial charge on any atom is 1.00 e. The third-order valence-electron chi connectivity index (χ3n) is 4.93. The molecule has 27 heavy (non-hydrogen) atoms. The molecule has 3 heterocycles. The number of carbonyl (C=O) groups excluding carboxylic acids is 3. The Kier molecular flexibility index (Phi) is 7.33. The van der Waals surface area contributed by atoms with Gasteiger partial charge in [0.05, 0.1) is 35.8 Å². The zero-order valence-electron chi connectivity index (χ0n) is 15.2. The normalized spacial score (nSPS) is 31.0. The molecule has 140 valence electrons. The van der Waals surface area contributed by atoms with Gasteiger partial charge in [0, 0.05) is 28.4 Å². The van der Waals surface area contributed by atoms with Crippen LogP contribution in [0.1, 0.15) is 13.8 Å². The quantitative estimate of drug-likeness (QED) is 0.278. The van der Waals surface area contributed by atoms with Crippen molar-refractivity contribution in [3.8, 4) is 6.07 Å². The summed E-state index contributed by atoms with van der Waals surface area (Å²) in [4.78, 5) is 39.0. The number of β-lactam (4-membered cyclic amide) rings is 1. The first-order valence-electron chi connectivity index (χ1n) is 8.19. The fraction of sp³-hybridized carbons (Fsp3) is 0.625. The number of rotatable bonds is 5. The largest absolute Gasteiger partial charge is 1.00 e. The predicted octanol–water partition coefficient (Wildman–Crippen LogP) is -3.40. The van der Waals surface area contributed by atoms with E-state index in [9.17, 15) is 24.6 Å². The molecule has 0 saturated carbocycles. The molecular weight excluding hydrogens is 401 g/mol. The minimum absolute atomic E-state index is 0. The second kappa shape index (κ2) is 8.76. The Hall–Kier alpha value is -0.700. The molecule has 3 aliphatic rings. The molecule has 0 aliphatic carbocycles. The van der Waals surface area contributed by atoms with Gasteiger partial charge < -0.3 is 24.8 Å². The number of nitriles is 1. The number of nitrogens with zero attached hydrogens (tertiary/aromatic N) is 3. The molecule has 2 saturated heterocycles. The molecule has 5 atom stereocenters. The minimum Gasteiger partial charge on any atom is -0.543 e. The van der Waals surface area contributed by atoms with E-state index in [1.54, 1.807) is 0 Å². The summed E-state index contributed by atoms with van der Waals surface area (Å²) in [5, 5.41) is 30.1. The van der Waals surface area contributed by atoms with E-state index in [0.29, 0.717) is 17.2 Å². The first kappa shape index (κ1) is 22.6. The number of amides is 2. The van der Waals surface area contributed by atoms with Gasteiger partial charge in [-0.15, -0.1) is 11.8 Å². The summed E-state index contributed by atoms with van der Waals surface area (Å²) in [6.45, 7) is 3.70. The van der Waals surface area contributed by atoms with E-state index in [1.807, 2.05) is 13.0 Å². The van der Waals surface area contributed by atoms with Gasteiger partial charge in [-0.3, -0.25) is 9.59 Å². The van der Waals surface area contributed by atoms with Gasteiger partial charge in [-0.2, -0.15) is 5.26 Å². The summed E-state index contributed by atoms with van der Waals surface area (Å²) in [7, 11) is 0. The molecule has 1 N–H and O–H groups in total. The van der Waals surface area contributed by atoms with Gasteiger partial charge >= 0.3 is 29.6 Å². The molecule has 1 unspecified atom stereocenters. The van der Waals surface area contributed by atoms with Crippen LogP contribution in [0, 0.1) is 23.2 Å². The standard InChI is InChI=1S/C16H19N3O5S2.Na/c1-7-11-10(8(2)20)14(21)19(11)12(15(22)23)13(7)26-9-5-18(4-3-17)16(24)25-6-9;/h7-11,20H,4-6H2,1-2H3,(H,22,23);/q;+1/p-1/t7-,8-,9?,10-,11-;/m1./s1. The van der Waals surface area contributed by atoms with Crippen LogP contribution < -0.4 is 34.7 Å². The van der Waals surface area contributed by atoms with Crippen molar-refractivity contribution in [3.05, 3.63) is 10.6 Å². The van der Waals surface area contributed by atoms with Crippen molar-refractivity contribution in [2.45, 2.75) is 31.2 Å². The molecule has 3 aliphatic heterocycles. The number of fused-ring (bicyclic) bond motifs is 1. The van der Waals surface area contributed by atoms with Crippen LogP contribution in [0.25, 0.3) is 0 Å². The smallest absolute Gasteiger partial charge is 0.543 e. The summed E-state index contributed by atoms with van der Waals surface area (Å²) < 4.78 is 0. The van der Waals surface area contributed by atoms with Crippen LogP contribution in [-0.2, 0) is 9.59 Å². The fourth-order valence-electron chi connectivity index (χ4n) is 3.76. The van der Waals surface area contributed by atoms with E-state index in [1.165, 1.54) is 28.5 Å². The van der Waals surface area contributed by atoms with Crippen molar-refractivity contribution in [2.75, 3.05) is 18.8 Å². The molecule has 0 radical (unpaired) electrons. The summed E-state index contributed by atoms with van der Waals surface area (Å²) in [6.07, 6.45) is -0.854. The molecular formula is C16H18N3NaO5S2. The van der Waals surface area contributed by atoms with Crippen LogP contribution in [0.2, 0.25) is 0 Å². The van der Waals surface area contributed by atoms with Crippen molar-refractivity contribution in [3.63, 3.8) is 0 Å². The van der Waals surface area contributed by atoms with Gasteiger partial charge in [-0.25, -0.2) is 0 Å². The summed E-state index contributed by atoms with van der Waals surface area (Å²) >= 11 is 2.43. The number of thioether (sulfide) groups is 2. The van der Waals surface area contributed by atoms with Gasteiger partial charge in [-0.1, -0.05) is 18.7 Å².